The predicted octanol–water partition coefficient (Wildman–Crippen LogP) is 2.51. The molecule has 4 nitrogen and oxygen atoms in total. The van der Waals surface area contributed by atoms with E-state index in [0.29, 0.717) is 24.7 Å². The van der Waals surface area contributed by atoms with Crippen LogP contribution < -0.4 is 0 Å². The highest BCUT2D eigenvalue weighted by molar-refractivity contribution is 5.76. The minimum atomic E-state index is -0.811. The highest BCUT2D eigenvalue weighted by atomic mass is 16.4. The molecule has 1 N–H and O–H groups in total. The van der Waals surface area contributed by atoms with Gasteiger partial charge in [-0.25, -0.2) is 4.79 Å². The number of aliphatic carboxylic acids is 1. The van der Waals surface area contributed by atoms with E-state index < -0.39 is 11.5 Å². The Kier molecular flexibility index (Phi) is 3.22. The largest absolute Gasteiger partial charge is 0.479 e. The Balaban J connectivity index is 2.20. The fraction of sp³-hybridized carbons (Fsp3) is 0.692. The summed E-state index contributed by atoms with van der Waals surface area (Å²) in [6.45, 7) is 4.43. The maximum absolute atomic E-state index is 11.6. The van der Waals surface area contributed by atoms with Gasteiger partial charge in [-0.05, 0) is 43.6 Å². The Hall–Kier alpha value is -1.32. The second-order valence-electron chi connectivity index (χ2n) is 5.37. The Morgan fingerprint density at radius 1 is 1.47 bits per heavy atom. The van der Waals surface area contributed by atoms with E-state index in [-0.39, 0.29) is 0 Å². The van der Waals surface area contributed by atoms with Crippen molar-refractivity contribution in [1.82, 2.24) is 9.78 Å². The average molecular weight is 236 g/mol. The smallest absolute Gasteiger partial charge is 0.331 e. The molecule has 0 saturated heterocycles. The SMILES string of the molecule is CC(C)C1CCC(C(=O)O)(n2cccn2)CC1. The van der Waals surface area contributed by atoms with Crippen LogP contribution in [0.4, 0.5) is 0 Å². The van der Waals surface area contributed by atoms with Crippen molar-refractivity contribution in [2.24, 2.45) is 11.8 Å². The van der Waals surface area contributed by atoms with Crippen molar-refractivity contribution in [3.05, 3.63) is 18.5 Å². The third-order valence-electron chi connectivity index (χ3n) is 4.14. The zero-order chi connectivity index (χ0) is 12.5. The molecule has 0 amide bonds. The lowest BCUT2D eigenvalue weighted by Crippen LogP contribution is -2.45. The number of carboxylic acid groups (broad SMARTS) is 1. The van der Waals surface area contributed by atoms with E-state index in [0.717, 1.165) is 12.8 Å². The maximum Gasteiger partial charge on any atom is 0.331 e. The number of rotatable bonds is 3. The van der Waals surface area contributed by atoms with Crippen LogP contribution in [0.15, 0.2) is 18.5 Å². The molecule has 0 aromatic carbocycles. The summed E-state index contributed by atoms with van der Waals surface area (Å²) in [4.78, 5) is 11.6. The molecule has 1 aliphatic carbocycles. The van der Waals surface area contributed by atoms with Crippen molar-refractivity contribution < 1.29 is 9.90 Å². The van der Waals surface area contributed by atoms with Gasteiger partial charge in [0.15, 0.2) is 5.54 Å². The van der Waals surface area contributed by atoms with Crippen molar-refractivity contribution >= 4 is 5.97 Å². The van der Waals surface area contributed by atoms with Crippen LogP contribution in [0, 0.1) is 11.8 Å². The molecule has 0 bridgehead atoms. The molecule has 1 fully saturated rings. The molecule has 94 valence electrons. The molecule has 1 aromatic rings. The van der Waals surface area contributed by atoms with Crippen LogP contribution in [-0.2, 0) is 10.3 Å². The standard InChI is InChI=1S/C13H20N2O2/c1-10(2)11-4-6-13(7-5-11,12(16)17)15-9-3-8-14-15/h3,8-11H,4-7H2,1-2H3,(H,16,17). The van der Waals surface area contributed by atoms with Gasteiger partial charge in [-0.2, -0.15) is 5.10 Å². The summed E-state index contributed by atoms with van der Waals surface area (Å²) < 4.78 is 1.63. The molecule has 1 heterocycles. The third kappa shape index (κ3) is 2.08. The number of nitrogens with zero attached hydrogens (tertiary/aromatic N) is 2. The predicted molar refractivity (Wildman–Crippen MR) is 64.6 cm³/mol. The summed E-state index contributed by atoms with van der Waals surface area (Å²) >= 11 is 0. The fourth-order valence-corrected chi connectivity index (χ4v) is 2.85. The number of carboxylic acids is 1. The molecular formula is C13H20N2O2. The monoisotopic (exact) mass is 236 g/mol. The van der Waals surface area contributed by atoms with Crippen LogP contribution >= 0.6 is 0 Å². The quantitative estimate of drug-likeness (QED) is 0.877. The summed E-state index contributed by atoms with van der Waals surface area (Å²) in [5.74, 6) is 0.542. The summed E-state index contributed by atoms with van der Waals surface area (Å²) in [7, 11) is 0. The fourth-order valence-electron chi connectivity index (χ4n) is 2.85. The van der Waals surface area contributed by atoms with Crippen molar-refractivity contribution in [2.75, 3.05) is 0 Å². The second kappa shape index (κ2) is 4.51. The zero-order valence-electron chi connectivity index (χ0n) is 10.5. The third-order valence-corrected chi connectivity index (χ3v) is 4.14. The van der Waals surface area contributed by atoms with Gasteiger partial charge in [0, 0.05) is 12.4 Å². The van der Waals surface area contributed by atoms with Gasteiger partial charge in [0.25, 0.3) is 0 Å². The lowest BCUT2D eigenvalue weighted by atomic mass is 9.73. The Morgan fingerprint density at radius 2 is 2.12 bits per heavy atom. The first kappa shape index (κ1) is 12.1. The number of aromatic nitrogens is 2. The van der Waals surface area contributed by atoms with Crippen molar-refractivity contribution in [3.8, 4) is 0 Å². The van der Waals surface area contributed by atoms with E-state index in [9.17, 15) is 9.90 Å². The van der Waals surface area contributed by atoms with Crippen LogP contribution in [0.1, 0.15) is 39.5 Å². The van der Waals surface area contributed by atoms with Crippen LogP contribution in [0.5, 0.6) is 0 Å². The number of hydrogen-bond acceptors (Lipinski definition) is 2. The van der Waals surface area contributed by atoms with Gasteiger partial charge in [-0.1, -0.05) is 13.8 Å². The zero-order valence-corrected chi connectivity index (χ0v) is 10.5. The molecule has 17 heavy (non-hydrogen) atoms. The molecule has 0 spiro atoms. The summed E-state index contributed by atoms with van der Waals surface area (Å²) in [5.41, 5.74) is -0.811. The van der Waals surface area contributed by atoms with Crippen molar-refractivity contribution in [2.45, 2.75) is 45.1 Å². The molecule has 0 unspecified atom stereocenters. The van der Waals surface area contributed by atoms with Gasteiger partial charge in [-0.3, -0.25) is 4.68 Å². The molecule has 1 saturated carbocycles. The van der Waals surface area contributed by atoms with Gasteiger partial charge in [0.05, 0.1) is 0 Å². The van der Waals surface area contributed by atoms with Crippen LogP contribution in [0.2, 0.25) is 0 Å². The van der Waals surface area contributed by atoms with E-state index in [4.69, 9.17) is 0 Å². The van der Waals surface area contributed by atoms with Crippen molar-refractivity contribution in [1.29, 1.82) is 0 Å². The van der Waals surface area contributed by atoms with E-state index in [1.165, 1.54) is 0 Å². The summed E-state index contributed by atoms with van der Waals surface area (Å²) in [6, 6.07) is 1.79. The second-order valence-corrected chi connectivity index (χ2v) is 5.37. The average Bonchev–Trinajstić information content (AvgIpc) is 2.82. The van der Waals surface area contributed by atoms with Crippen LogP contribution in [0.25, 0.3) is 0 Å². The van der Waals surface area contributed by atoms with Crippen molar-refractivity contribution in [3.63, 3.8) is 0 Å². The highest BCUT2D eigenvalue weighted by Crippen LogP contribution is 2.40. The van der Waals surface area contributed by atoms with E-state index >= 15 is 0 Å². The van der Waals surface area contributed by atoms with E-state index in [1.54, 1.807) is 23.1 Å². The van der Waals surface area contributed by atoms with E-state index in [2.05, 4.69) is 18.9 Å². The minimum Gasteiger partial charge on any atom is -0.479 e. The lowest BCUT2D eigenvalue weighted by molar-refractivity contribution is -0.151. The first-order valence-corrected chi connectivity index (χ1v) is 6.30. The normalized spacial score (nSPS) is 29.5. The van der Waals surface area contributed by atoms with E-state index in [1.807, 2.05) is 0 Å². The summed E-state index contributed by atoms with van der Waals surface area (Å²) in [6.07, 6.45) is 6.75. The number of hydrogen-bond donors (Lipinski definition) is 1. The minimum absolute atomic E-state index is 0.638. The topological polar surface area (TPSA) is 55.1 Å². The van der Waals surface area contributed by atoms with Crippen LogP contribution in [0.3, 0.4) is 0 Å². The molecule has 0 radical (unpaired) electrons. The van der Waals surface area contributed by atoms with Gasteiger partial charge in [0.2, 0.25) is 0 Å². The lowest BCUT2D eigenvalue weighted by Gasteiger charge is -2.38. The highest BCUT2D eigenvalue weighted by Gasteiger charge is 2.44. The van der Waals surface area contributed by atoms with Crippen LogP contribution in [-0.4, -0.2) is 20.9 Å². The molecule has 4 heteroatoms. The first-order valence-electron chi connectivity index (χ1n) is 6.30. The molecular weight excluding hydrogens is 216 g/mol. The molecule has 2 rings (SSSR count). The van der Waals surface area contributed by atoms with Gasteiger partial charge in [0.1, 0.15) is 0 Å². The first-order chi connectivity index (χ1) is 8.06. The Bertz CT molecular complexity index is 376. The molecule has 1 aromatic heterocycles. The Labute approximate surface area is 102 Å². The van der Waals surface area contributed by atoms with Gasteiger partial charge in [-0.15, -0.1) is 0 Å². The summed E-state index contributed by atoms with van der Waals surface area (Å²) in [5, 5.41) is 13.7. The number of carbonyl (C=O) groups is 1. The molecule has 1 aliphatic rings. The van der Waals surface area contributed by atoms with Gasteiger partial charge < -0.3 is 5.11 Å². The van der Waals surface area contributed by atoms with Gasteiger partial charge >= 0.3 is 5.97 Å². The molecule has 0 aliphatic heterocycles. The molecule has 0 atom stereocenters. The Morgan fingerprint density at radius 3 is 2.53 bits per heavy atom. The maximum atomic E-state index is 11.6.